The third-order valence-electron chi connectivity index (χ3n) is 4.24. The molecule has 0 bridgehead atoms. The van der Waals surface area contributed by atoms with Crippen LogP contribution >= 0.6 is 35.1 Å². The molecule has 13 heteroatoms. The van der Waals surface area contributed by atoms with Crippen LogP contribution < -0.4 is 21.1 Å². The van der Waals surface area contributed by atoms with E-state index in [0.29, 0.717) is 27.0 Å². The Morgan fingerprint density at radius 1 is 1.09 bits per heavy atom. The molecule has 0 radical (unpaired) electrons. The number of hydrogen-bond acceptors (Lipinski definition) is 6. The highest BCUT2D eigenvalue weighted by atomic mass is 35.5. The predicted octanol–water partition coefficient (Wildman–Crippen LogP) is 5.44. The van der Waals surface area contributed by atoms with Crippen molar-refractivity contribution in [3.05, 3.63) is 76.4 Å². The van der Waals surface area contributed by atoms with Crippen LogP contribution in [0.15, 0.2) is 65.7 Å². The summed E-state index contributed by atoms with van der Waals surface area (Å²) in [5.74, 6) is 0.143. The Morgan fingerprint density at radius 3 is 2.32 bits per heavy atom. The Bertz CT molecular complexity index is 1210. The number of carbonyl (C=O) groups is 1. The van der Waals surface area contributed by atoms with E-state index in [4.69, 9.17) is 28.9 Å². The summed E-state index contributed by atoms with van der Waals surface area (Å²) in [5.41, 5.74) is 7.05. The first-order valence-corrected chi connectivity index (χ1v) is 12.1. The number of benzene rings is 2. The van der Waals surface area contributed by atoms with Gasteiger partial charge in [0, 0.05) is 5.69 Å². The molecule has 182 valence electrons. The molecule has 34 heavy (non-hydrogen) atoms. The lowest BCUT2D eigenvalue weighted by Crippen LogP contribution is -2.31. The van der Waals surface area contributed by atoms with Crippen LogP contribution in [-0.2, 0) is 14.3 Å². The van der Waals surface area contributed by atoms with Crippen LogP contribution in [0.25, 0.3) is 0 Å². The number of anilines is 3. The van der Waals surface area contributed by atoms with Gasteiger partial charge in [0.05, 0.1) is 51.8 Å². The monoisotopic (exact) mass is 545 g/mol. The van der Waals surface area contributed by atoms with Gasteiger partial charge in [-0.25, -0.2) is 18.2 Å². The second-order valence-electron chi connectivity index (χ2n) is 6.72. The van der Waals surface area contributed by atoms with Gasteiger partial charge in [0.1, 0.15) is 5.82 Å². The standard InChI is InChI=1S/C20H19Cl2N5O3S.CH3ClO/c1-12(16-3-2-4-17(21)19(16)22)25-20(28)26-14-6-8-15(9-7-14)31(29,30)27-18-10-5-13(23)11-24-18;1-3-2/h2-12H,23H2,1H3,(H,24,27)(H2,25,26,28);1H3/t12-;/m0./s1. The second-order valence-corrected chi connectivity index (χ2v) is 9.50. The number of amides is 2. The van der Waals surface area contributed by atoms with E-state index in [1.54, 1.807) is 25.1 Å². The van der Waals surface area contributed by atoms with Gasteiger partial charge in [0.15, 0.2) is 0 Å². The number of halogens is 3. The topological polar surface area (TPSA) is 135 Å². The summed E-state index contributed by atoms with van der Waals surface area (Å²) >= 11 is 16.7. The lowest BCUT2D eigenvalue weighted by molar-refractivity contribution is 0.249. The molecule has 0 unspecified atom stereocenters. The average Bonchev–Trinajstić information content (AvgIpc) is 2.78. The van der Waals surface area contributed by atoms with E-state index in [2.05, 4.69) is 36.5 Å². The number of pyridine rings is 1. The fraction of sp³-hybridized carbons (Fsp3) is 0.143. The first-order valence-electron chi connectivity index (χ1n) is 9.58. The Morgan fingerprint density at radius 2 is 1.74 bits per heavy atom. The van der Waals surface area contributed by atoms with Crippen molar-refractivity contribution in [3.8, 4) is 0 Å². The minimum absolute atomic E-state index is 0.0103. The molecule has 1 aromatic heterocycles. The smallest absolute Gasteiger partial charge is 0.319 e. The quantitative estimate of drug-likeness (QED) is 0.325. The van der Waals surface area contributed by atoms with E-state index < -0.39 is 22.1 Å². The van der Waals surface area contributed by atoms with Gasteiger partial charge in [0.2, 0.25) is 0 Å². The van der Waals surface area contributed by atoms with E-state index in [0.717, 1.165) is 0 Å². The van der Waals surface area contributed by atoms with Crippen LogP contribution in [0.1, 0.15) is 18.5 Å². The summed E-state index contributed by atoms with van der Waals surface area (Å²) in [6, 6.07) is 13.0. The molecule has 0 aliphatic carbocycles. The molecule has 3 aromatic rings. The largest absolute Gasteiger partial charge is 0.397 e. The van der Waals surface area contributed by atoms with Crippen LogP contribution in [0.3, 0.4) is 0 Å². The number of nitrogens with one attached hydrogen (secondary N) is 3. The highest BCUT2D eigenvalue weighted by Gasteiger charge is 2.16. The molecule has 0 saturated carbocycles. The van der Waals surface area contributed by atoms with Crippen molar-refractivity contribution < 1.29 is 17.5 Å². The minimum atomic E-state index is -3.84. The summed E-state index contributed by atoms with van der Waals surface area (Å²) in [6.45, 7) is 1.77. The van der Waals surface area contributed by atoms with Crippen LogP contribution in [0.5, 0.6) is 0 Å². The predicted molar refractivity (Wildman–Crippen MR) is 136 cm³/mol. The molecule has 5 N–H and O–H groups in total. The molecular formula is C21H22Cl3N5O4S. The molecule has 0 saturated heterocycles. The Balaban J connectivity index is 0.00000129. The summed E-state index contributed by atoms with van der Waals surface area (Å²) < 4.78 is 31.0. The summed E-state index contributed by atoms with van der Waals surface area (Å²) in [7, 11) is -2.45. The van der Waals surface area contributed by atoms with Crippen molar-refractivity contribution in [1.29, 1.82) is 0 Å². The van der Waals surface area contributed by atoms with Crippen molar-refractivity contribution in [2.75, 3.05) is 22.9 Å². The first kappa shape index (κ1) is 27.5. The molecule has 0 fully saturated rings. The zero-order valence-corrected chi connectivity index (χ0v) is 21.1. The molecule has 9 nitrogen and oxygen atoms in total. The van der Waals surface area contributed by atoms with Gasteiger partial charge in [-0.05, 0) is 55.0 Å². The number of nitrogens with two attached hydrogens (primary N) is 1. The van der Waals surface area contributed by atoms with Crippen molar-refractivity contribution in [3.63, 3.8) is 0 Å². The Hall–Kier alpha value is -2.76. The number of carbonyl (C=O) groups excluding carboxylic acids is 1. The van der Waals surface area contributed by atoms with E-state index in [1.165, 1.54) is 49.7 Å². The van der Waals surface area contributed by atoms with Crippen LogP contribution in [0.4, 0.5) is 22.0 Å². The van der Waals surface area contributed by atoms with Crippen LogP contribution in [0, 0.1) is 0 Å². The molecule has 1 atom stereocenters. The molecule has 0 aliphatic heterocycles. The maximum Gasteiger partial charge on any atom is 0.319 e. The summed E-state index contributed by atoms with van der Waals surface area (Å²) in [4.78, 5) is 16.2. The van der Waals surface area contributed by atoms with Crippen molar-refractivity contribution >= 4 is 68.3 Å². The third kappa shape index (κ3) is 7.93. The van der Waals surface area contributed by atoms with Crippen molar-refractivity contribution in [2.24, 2.45) is 0 Å². The maximum atomic E-state index is 12.5. The molecule has 2 aromatic carbocycles. The lowest BCUT2D eigenvalue weighted by Gasteiger charge is -2.17. The van der Waals surface area contributed by atoms with Gasteiger partial charge in [-0.1, -0.05) is 35.3 Å². The Labute approximate surface area is 212 Å². The van der Waals surface area contributed by atoms with Crippen molar-refractivity contribution in [1.82, 2.24) is 10.3 Å². The fourth-order valence-corrected chi connectivity index (χ4v) is 4.16. The summed E-state index contributed by atoms with van der Waals surface area (Å²) in [6.07, 6.45) is 1.35. The molecular weight excluding hydrogens is 525 g/mol. The number of aromatic nitrogens is 1. The number of nitrogens with zero attached hydrogens (tertiary/aromatic N) is 1. The van der Waals surface area contributed by atoms with E-state index in [-0.39, 0.29) is 10.7 Å². The zero-order chi connectivity index (χ0) is 25.3. The van der Waals surface area contributed by atoms with Crippen molar-refractivity contribution in [2.45, 2.75) is 17.9 Å². The van der Waals surface area contributed by atoms with E-state index in [9.17, 15) is 13.2 Å². The van der Waals surface area contributed by atoms with Gasteiger partial charge < -0.3 is 16.4 Å². The minimum Gasteiger partial charge on any atom is -0.397 e. The average molecular weight is 547 g/mol. The zero-order valence-electron chi connectivity index (χ0n) is 18.1. The number of sulfonamides is 1. The number of urea groups is 1. The van der Waals surface area contributed by atoms with Gasteiger partial charge >= 0.3 is 6.03 Å². The molecule has 0 spiro atoms. The van der Waals surface area contributed by atoms with Gasteiger partial charge in [-0.2, -0.15) is 0 Å². The lowest BCUT2D eigenvalue weighted by atomic mass is 10.1. The molecule has 3 rings (SSSR count). The van der Waals surface area contributed by atoms with E-state index in [1.807, 2.05) is 0 Å². The third-order valence-corrected chi connectivity index (χ3v) is 6.45. The van der Waals surface area contributed by atoms with Crippen LogP contribution in [0.2, 0.25) is 10.0 Å². The normalized spacial score (nSPS) is 11.6. The number of nitrogen functional groups attached to an aromatic ring is 1. The summed E-state index contributed by atoms with van der Waals surface area (Å²) in [5, 5.41) is 6.16. The molecule has 2 amide bonds. The Kier molecular flexibility index (Phi) is 10.2. The first-order chi connectivity index (χ1) is 16.1. The fourth-order valence-electron chi connectivity index (χ4n) is 2.68. The number of hydrogen-bond donors (Lipinski definition) is 4. The van der Waals surface area contributed by atoms with E-state index >= 15 is 0 Å². The number of rotatable bonds is 6. The van der Waals surface area contributed by atoms with Crippen LogP contribution in [-0.4, -0.2) is 26.5 Å². The maximum absolute atomic E-state index is 12.5. The highest BCUT2D eigenvalue weighted by Crippen LogP contribution is 2.29. The van der Waals surface area contributed by atoms with Gasteiger partial charge in [-0.15, -0.1) is 0 Å². The SMILES string of the molecule is COCl.C[C@H](NC(=O)Nc1ccc(S(=O)(=O)Nc2ccc(N)cn2)cc1)c1cccc(Cl)c1Cl. The highest BCUT2D eigenvalue weighted by molar-refractivity contribution is 7.92. The van der Waals surface area contributed by atoms with Gasteiger partial charge in [0.25, 0.3) is 10.0 Å². The molecule has 0 aliphatic rings. The van der Waals surface area contributed by atoms with Gasteiger partial charge in [-0.3, -0.25) is 9.01 Å². The molecule has 1 heterocycles. The second kappa shape index (κ2) is 12.6.